The van der Waals surface area contributed by atoms with Crippen LogP contribution in [0.4, 0.5) is 19.0 Å². The summed E-state index contributed by atoms with van der Waals surface area (Å²) in [5.41, 5.74) is 3.08. The van der Waals surface area contributed by atoms with Gasteiger partial charge in [-0.3, -0.25) is 4.98 Å². The Balaban J connectivity index is 1.76. The van der Waals surface area contributed by atoms with E-state index in [9.17, 15) is 13.2 Å². The molecule has 24 heavy (non-hydrogen) atoms. The zero-order valence-corrected chi connectivity index (χ0v) is 13.5. The Hall–Kier alpha value is -2.14. The van der Waals surface area contributed by atoms with Crippen molar-refractivity contribution in [2.75, 3.05) is 11.9 Å². The third-order valence-electron chi connectivity index (χ3n) is 2.84. The molecule has 0 aliphatic rings. The lowest BCUT2D eigenvalue weighted by atomic mass is 10.4. The first-order chi connectivity index (χ1) is 11.4. The van der Waals surface area contributed by atoms with Crippen LogP contribution in [0.25, 0.3) is 11.2 Å². The van der Waals surface area contributed by atoms with Gasteiger partial charge in [0.2, 0.25) is 5.28 Å². The first-order valence-corrected chi connectivity index (χ1v) is 7.96. The van der Waals surface area contributed by atoms with Crippen molar-refractivity contribution in [1.82, 2.24) is 24.9 Å². The van der Waals surface area contributed by atoms with Crippen molar-refractivity contribution in [3.8, 4) is 6.01 Å². The molecule has 0 saturated carbocycles. The van der Waals surface area contributed by atoms with Crippen molar-refractivity contribution < 1.29 is 17.9 Å². The Labute approximate surface area is 142 Å². The van der Waals surface area contributed by atoms with Crippen LogP contribution in [0.5, 0.6) is 6.01 Å². The van der Waals surface area contributed by atoms with Gasteiger partial charge in [0.05, 0.1) is 24.2 Å². The number of aromatic amines is 1. The summed E-state index contributed by atoms with van der Waals surface area (Å²) in [6.07, 6.45) is -5.37. The molecule has 3 aromatic heterocycles. The first-order valence-electron chi connectivity index (χ1n) is 6.64. The van der Waals surface area contributed by atoms with Gasteiger partial charge >= 0.3 is 6.18 Å². The standard InChI is InChI=1S/C12H10ClF3N6OS/c13-10-20-8(17-3-6-4-24-5-18-6)7-9(21-10)22-11(19-7)23-2-1-12(14,15)16/h4-5H,1-3H2,(H2,17,19,20,21,22). The van der Waals surface area contributed by atoms with E-state index in [1.54, 1.807) is 5.51 Å². The molecule has 7 nitrogen and oxygen atoms in total. The Kier molecular flexibility index (Phi) is 4.71. The normalized spacial score (nSPS) is 11.8. The molecule has 0 amide bonds. The number of thiazole rings is 1. The van der Waals surface area contributed by atoms with Crippen LogP contribution < -0.4 is 10.1 Å². The van der Waals surface area contributed by atoms with Gasteiger partial charge in [0, 0.05) is 5.38 Å². The van der Waals surface area contributed by atoms with Crippen LogP contribution in [0.2, 0.25) is 5.28 Å². The highest BCUT2D eigenvalue weighted by Crippen LogP contribution is 2.24. The fourth-order valence-corrected chi connectivity index (χ4v) is 2.53. The molecular weight excluding hydrogens is 369 g/mol. The Morgan fingerprint density at radius 3 is 2.83 bits per heavy atom. The minimum atomic E-state index is -4.30. The van der Waals surface area contributed by atoms with E-state index in [1.165, 1.54) is 11.3 Å². The number of halogens is 4. The maximum absolute atomic E-state index is 12.1. The number of aromatic nitrogens is 5. The molecule has 0 unspecified atom stereocenters. The van der Waals surface area contributed by atoms with Crippen LogP contribution in [-0.2, 0) is 6.54 Å². The highest BCUT2D eigenvalue weighted by Gasteiger charge is 2.27. The fraction of sp³-hybridized carbons (Fsp3) is 0.333. The van der Waals surface area contributed by atoms with E-state index in [-0.39, 0.29) is 16.9 Å². The van der Waals surface area contributed by atoms with E-state index >= 15 is 0 Å². The molecule has 3 aromatic rings. The SMILES string of the molecule is FC(F)(F)CCOc1nc2c(NCc3cscn3)nc(Cl)nc2[nH]1. The van der Waals surface area contributed by atoms with Crippen LogP contribution in [0.15, 0.2) is 10.9 Å². The zero-order chi connectivity index (χ0) is 17.2. The number of imidazole rings is 1. The molecule has 0 atom stereocenters. The molecule has 0 aliphatic heterocycles. The van der Waals surface area contributed by atoms with Gasteiger partial charge in [0.1, 0.15) is 6.61 Å². The topological polar surface area (TPSA) is 88.6 Å². The number of anilines is 1. The van der Waals surface area contributed by atoms with E-state index < -0.39 is 19.2 Å². The molecule has 128 valence electrons. The maximum Gasteiger partial charge on any atom is 0.392 e. The monoisotopic (exact) mass is 378 g/mol. The van der Waals surface area contributed by atoms with Crippen LogP contribution in [0.1, 0.15) is 12.1 Å². The highest BCUT2D eigenvalue weighted by atomic mass is 35.5. The van der Waals surface area contributed by atoms with Crippen LogP contribution >= 0.6 is 22.9 Å². The van der Waals surface area contributed by atoms with Crippen molar-refractivity contribution in [3.05, 3.63) is 21.9 Å². The van der Waals surface area contributed by atoms with Gasteiger partial charge in [0.25, 0.3) is 6.01 Å². The molecule has 2 N–H and O–H groups in total. The number of rotatable bonds is 6. The molecule has 0 fully saturated rings. The smallest absolute Gasteiger partial charge is 0.392 e. The number of ether oxygens (including phenoxy) is 1. The number of fused-ring (bicyclic) bond motifs is 1. The summed E-state index contributed by atoms with van der Waals surface area (Å²) in [7, 11) is 0. The molecule has 0 saturated heterocycles. The lowest BCUT2D eigenvalue weighted by Gasteiger charge is -2.05. The van der Waals surface area contributed by atoms with Gasteiger partial charge in [0.15, 0.2) is 17.0 Å². The quantitative estimate of drug-likeness (QED) is 0.639. The molecule has 0 radical (unpaired) electrons. The predicted octanol–water partition coefficient (Wildman–Crippen LogP) is 3.41. The van der Waals surface area contributed by atoms with Gasteiger partial charge in [-0.1, -0.05) is 0 Å². The molecule has 3 rings (SSSR count). The average molecular weight is 379 g/mol. The summed E-state index contributed by atoms with van der Waals surface area (Å²) >= 11 is 7.30. The van der Waals surface area contributed by atoms with E-state index in [2.05, 4.69) is 30.2 Å². The number of H-pyrrole nitrogens is 1. The predicted molar refractivity (Wildman–Crippen MR) is 82.3 cm³/mol. The van der Waals surface area contributed by atoms with Crippen LogP contribution in [0.3, 0.4) is 0 Å². The first kappa shape index (κ1) is 16.7. The molecular formula is C12H10ClF3N6OS. The second-order valence-corrected chi connectivity index (χ2v) is 5.68. The lowest BCUT2D eigenvalue weighted by molar-refractivity contribution is -0.139. The fourth-order valence-electron chi connectivity index (χ4n) is 1.81. The molecule has 0 spiro atoms. The van der Waals surface area contributed by atoms with Crippen LogP contribution in [-0.4, -0.2) is 37.7 Å². The van der Waals surface area contributed by atoms with Crippen molar-refractivity contribution in [2.45, 2.75) is 19.1 Å². The summed E-state index contributed by atoms with van der Waals surface area (Å²) in [6, 6.07) is -0.0810. The number of nitrogens with zero attached hydrogens (tertiary/aromatic N) is 4. The summed E-state index contributed by atoms with van der Waals surface area (Å²) < 4.78 is 41.4. The van der Waals surface area contributed by atoms with Crippen molar-refractivity contribution in [2.24, 2.45) is 0 Å². The van der Waals surface area contributed by atoms with Crippen LogP contribution in [0, 0.1) is 0 Å². The Morgan fingerprint density at radius 2 is 2.12 bits per heavy atom. The summed E-state index contributed by atoms with van der Waals surface area (Å²) in [6.45, 7) is -0.158. The third-order valence-corrected chi connectivity index (χ3v) is 3.64. The van der Waals surface area contributed by atoms with E-state index in [0.717, 1.165) is 5.69 Å². The second-order valence-electron chi connectivity index (χ2n) is 4.63. The molecule has 0 bridgehead atoms. The van der Waals surface area contributed by atoms with Crippen molar-refractivity contribution in [3.63, 3.8) is 0 Å². The number of hydrogen-bond acceptors (Lipinski definition) is 7. The number of nitrogens with one attached hydrogen (secondary N) is 2. The van der Waals surface area contributed by atoms with Crippen molar-refractivity contribution >= 4 is 39.9 Å². The molecule has 0 aromatic carbocycles. The number of hydrogen-bond donors (Lipinski definition) is 2. The summed E-state index contributed by atoms with van der Waals surface area (Å²) in [4.78, 5) is 18.8. The highest BCUT2D eigenvalue weighted by molar-refractivity contribution is 7.07. The van der Waals surface area contributed by atoms with Gasteiger partial charge in [-0.2, -0.15) is 28.1 Å². The molecule has 0 aliphatic carbocycles. The average Bonchev–Trinajstić information content (AvgIpc) is 3.12. The third kappa shape index (κ3) is 4.23. The minimum absolute atomic E-state index is 0.0335. The summed E-state index contributed by atoms with van der Waals surface area (Å²) in [5, 5.41) is 4.85. The van der Waals surface area contributed by atoms with Crippen molar-refractivity contribution in [1.29, 1.82) is 0 Å². The van der Waals surface area contributed by atoms with Gasteiger partial charge in [-0.15, -0.1) is 11.3 Å². The van der Waals surface area contributed by atoms with Gasteiger partial charge in [-0.05, 0) is 11.6 Å². The number of alkyl halides is 3. The van der Waals surface area contributed by atoms with Gasteiger partial charge < -0.3 is 10.1 Å². The second kappa shape index (κ2) is 6.77. The maximum atomic E-state index is 12.1. The minimum Gasteiger partial charge on any atom is -0.464 e. The zero-order valence-electron chi connectivity index (χ0n) is 11.9. The van der Waals surface area contributed by atoms with Gasteiger partial charge in [-0.25, -0.2) is 4.98 Å². The Morgan fingerprint density at radius 1 is 1.29 bits per heavy atom. The molecule has 3 heterocycles. The Bertz CT molecular complexity index is 822. The summed E-state index contributed by atoms with van der Waals surface area (Å²) in [5.74, 6) is 0.333. The largest absolute Gasteiger partial charge is 0.464 e. The molecule has 12 heteroatoms. The lowest BCUT2D eigenvalue weighted by Crippen LogP contribution is -2.13. The van der Waals surface area contributed by atoms with E-state index in [4.69, 9.17) is 16.3 Å². The van der Waals surface area contributed by atoms with E-state index in [1.807, 2.05) is 5.38 Å². The van der Waals surface area contributed by atoms with E-state index in [0.29, 0.717) is 17.9 Å².